The number of hydrogen-bond acceptors (Lipinski definition) is 7. The van der Waals surface area contributed by atoms with E-state index in [0.29, 0.717) is 24.3 Å². The minimum absolute atomic E-state index is 0.0247. The highest BCUT2D eigenvalue weighted by molar-refractivity contribution is 7.22. The summed E-state index contributed by atoms with van der Waals surface area (Å²) >= 11 is 1.55. The van der Waals surface area contributed by atoms with Crippen LogP contribution in [0, 0.1) is 11.2 Å². The zero-order valence-corrected chi connectivity index (χ0v) is 26.3. The molecule has 0 bridgehead atoms. The number of hydrogen-bond donors (Lipinski definition) is 2. The van der Waals surface area contributed by atoms with Crippen molar-refractivity contribution in [3.05, 3.63) is 103 Å². The van der Waals surface area contributed by atoms with E-state index in [4.69, 9.17) is 4.74 Å². The number of anilines is 2. The summed E-state index contributed by atoms with van der Waals surface area (Å²) in [5.41, 5.74) is 2.86. The molecule has 1 aliphatic heterocycles. The number of piperazine rings is 1. The van der Waals surface area contributed by atoms with Crippen LogP contribution in [-0.4, -0.2) is 59.8 Å². The van der Waals surface area contributed by atoms with Gasteiger partial charge in [0.2, 0.25) is 11.8 Å². The van der Waals surface area contributed by atoms with Gasteiger partial charge in [0.1, 0.15) is 11.2 Å². The third kappa shape index (κ3) is 6.37. The number of aromatic nitrogens is 1. The molecular formula is C36H34FN5O3S. The molecule has 0 radical (unpaired) electrons. The molecule has 2 fully saturated rings. The number of likely N-dealkylation sites (N-methyl/N-ethyl adjacent to an activating group) is 1. The number of amides is 2. The molecule has 0 unspecified atom stereocenters. The van der Waals surface area contributed by atoms with Gasteiger partial charge in [-0.1, -0.05) is 42.5 Å². The second-order valence-corrected chi connectivity index (χ2v) is 13.1. The molecule has 234 valence electrons. The number of nitrogens with one attached hydrogen (secondary N) is 2. The fraction of sp³-hybridized carbons (Fsp3) is 0.250. The first-order valence-electron chi connectivity index (χ1n) is 15.4. The number of thiophene rings is 1. The predicted octanol–water partition coefficient (Wildman–Crippen LogP) is 7.00. The van der Waals surface area contributed by atoms with E-state index in [2.05, 4.69) is 56.7 Å². The molecule has 3 aromatic carbocycles. The molecule has 2 N–H and O–H groups in total. The lowest BCUT2D eigenvalue weighted by atomic mass is 10.0. The molecule has 46 heavy (non-hydrogen) atoms. The van der Waals surface area contributed by atoms with Gasteiger partial charge in [0, 0.05) is 67.3 Å². The lowest BCUT2D eigenvalue weighted by Crippen LogP contribution is -2.43. The van der Waals surface area contributed by atoms with Gasteiger partial charge in [-0.25, -0.2) is 4.39 Å². The standard InChI is InChI=1S/C36H34FN5O3S/c1-41-17-19-42(20-18-41)23-24-7-9-25(10-8-24)32-22-29-33(46-32)31(13-16-38-29)45-30-12-11-27(21-28(30)37)40-35(44)36(14-15-36)34(43)39-26-5-3-2-4-6-26/h2-13,16,21-22H,14-15,17-20,23H2,1H3,(H,39,43)(H,40,44). The normalized spacial score (nSPS) is 16.2. The van der Waals surface area contributed by atoms with E-state index in [0.717, 1.165) is 53.4 Å². The Hall–Kier alpha value is -4.64. The van der Waals surface area contributed by atoms with Crippen LogP contribution in [0.5, 0.6) is 11.5 Å². The fourth-order valence-corrected chi connectivity index (χ4v) is 6.73. The zero-order chi connectivity index (χ0) is 31.7. The van der Waals surface area contributed by atoms with E-state index >= 15 is 4.39 Å². The molecule has 2 aromatic heterocycles. The minimum atomic E-state index is -1.16. The van der Waals surface area contributed by atoms with E-state index < -0.39 is 17.1 Å². The van der Waals surface area contributed by atoms with Gasteiger partial charge in [-0.05, 0) is 61.3 Å². The summed E-state index contributed by atoms with van der Waals surface area (Å²) in [6, 6.07) is 25.6. The third-order valence-electron chi connectivity index (χ3n) is 8.68. The molecule has 1 saturated carbocycles. The van der Waals surface area contributed by atoms with Crippen molar-refractivity contribution in [2.24, 2.45) is 5.41 Å². The van der Waals surface area contributed by atoms with Crippen LogP contribution >= 0.6 is 11.3 Å². The van der Waals surface area contributed by atoms with Gasteiger partial charge >= 0.3 is 0 Å². The monoisotopic (exact) mass is 635 g/mol. The maximum Gasteiger partial charge on any atom is 0.240 e. The van der Waals surface area contributed by atoms with Crippen LogP contribution in [0.15, 0.2) is 91.1 Å². The van der Waals surface area contributed by atoms with Crippen molar-refractivity contribution >= 4 is 44.7 Å². The van der Waals surface area contributed by atoms with Crippen LogP contribution in [0.2, 0.25) is 0 Å². The molecule has 2 amide bonds. The van der Waals surface area contributed by atoms with E-state index in [1.165, 1.54) is 17.7 Å². The highest BCUT2D eigenvalue weighted by Gasteiger charge is 2.56. The smallest absolute Gasteiger partial charge is 0.240 e. The maximum absolute atomic E-state index is 15.3. The lowest BCUT2D eigenvalue weighted by Gasteiger charge is -2.32. The van der Waals surface area contributed by atoms with Gasteiger partial charge in [-0.3, -0.25) is 19.5 Å². The van der Waals surface area contributed by atoms with Gasteiger partial charge in [0.05, 0.1) is 10.2 Å². The first-order chi connectivity index (χ1) is 22.4. The Morgan fingerprint density at radius 3 is 2.28 bits per heavy atom. The van der Waals surface area contributed by atoms with E-state index in [9.17, 15) is 9.59 Å². The van der Waals surface area contributed by atoms with Gasteiger partial charge < -0.3 is 20.3 Å². The Morgan fingerprint density at radius 2 is 1.59 bits per heavy atom. The summed E-state index contributed by atoms with van der Waals surface area (Å²) in [6.45, 7) is 5.29. The maximum atomic E-state index is 15.3. The van der Waals surface area contributed by atoms with E-state index in [-0.39, 0.29) is 17.3 Å². The van der Waals surface area contributed by atoms with Crippen LogP contribution in [-0.2, 0) is 16.1 Å². The van der Waals surface area contributed by atoms with E-state index in [1.807, 2.05) is 24.3 Å². The highest BCUT2D eigenvalue weighted by atomic mass is 32.1. The number of carbonyl (C=O) groups is 2. The number of ether oxygens (including phenoxy) is 1. The first-order valence-corrected chi connectivity index (χ1v) is 16.2. The molecule has 1 aliphatic carbocycles. The van der Waals surface area contributed by atoms with Crippen LogP contribution in [0.3, 0.4) is 0 Å². The highest BCUT2D eigenvalue weighted by Crippen LogP contribution is 2.48. The van der Waals surface area contributed by atoms with Crippen molar-refractivity contribution in [1.82, 2.24) is 14.8 Å². The van der Waals surface area contributed by atoms with Crippen molar-refractivity contribution in [2.45, 2.75) is 19.4 Å². The molecule has 10 heteroatoms. The molecule has 7 rings (SSSR count). The summed E-state index contributed by atoms with van der Waals surface area (Å²) in [4.78, 5) is 36.3. The summed E-state index contributed by atoms with van der Waals surface area (Å²) < 4.78 is 22.1. The van der Waals surface area contributed by atoms with Crippen LogP contribution in [0.1, 0.15) is 18.4 Å². The summed E-state index contributed by atoms with van der Waals surface area (Å²) in [7, 11) is 2.16. The summed E-state index contributed by atoms with van der Waals surface area (Å²) in [5, 5.41) is 5.52. The Labute approximate surface area is 270 Å². The Morgan fingerprint density at radius 1 is 0.870 bits per heavy atom. The quantitative estimate of drug-likeness (QED) is 0.170. The lowest BCUT2D eigenvalue weighted by molar-refractivity contribution is -0.131. The van der Waals surface area contributed by atoms with Crippen molar-refractivity contribution < 1.29 is 18.7 Å². The minimum Gasteiger partial charge on any atom is -0.453 e. The number of pyridine rings is 1. The number of benzene rings is 3. The van der Waals surface area contributed by atoms with Crippen molar-refractivity contribution in [1.29, 1.82) is 0 Å². The zero-order valence-electron chi connectivity index (χ0n) is 25.5. The average molecular weight is 636 g/mol. The van der Waals surface area contributed by atoms with Crippen molar-refractivity contribution in [3.8, 4) is 21.9 Å². The van der Waals surface area contributed by atoms with Gasteiger partial charge in [-0.2, -0.15) is 0 Å². The number of fused-ring (bicyclic) bond motifs is 1. The predicted molar refractivity (Wildman–Crippen MR) is 180 cm³/mol. The fourth-order valence-electron chi connectivity index (χ4n) is 5.66. The van der Waals surface area contributed by atoms with Crippen molar-refractivity contribution in [3.63, 3.8) is 0 Å². The molecular weight excluding hydrogens is 601 g/mol. The molecule has 3 heterocycles. The number of carbonyl (C=O) groups excluding carboxylic acids is 2. The number of halogens is 1. The number of para-hydroxylation sites is 1. The molecule has 8 nitrogen and oxygen atoms in total. The molecule has 5 aromatic rings. The Balaban J connectivity index is 1.02. The number of nitrogens with zero attached hydrogens (tertiary/aromatic N) is 3. The summed E-state index contributed by atoms with van der Waals surface area (Å²) in [5.74, 6) is -0.928. The third-order valence-corrected chi connectivity index (χ3v) is 9.86. The SMILES string of the molecule is CN1CCN(Cc2ccc(-c3cc4nccc(Oc5ccc(NC(=O)C6(C(=O)Nc7ccccc7)CC6)cc5F)c4s3)cc2)CC1. The summed E-state index contributed by atoms with van der Waals surface area (Å²) in [6.07, 6.45) is 2.51. The first kappa shape index (κ1) is 30.0. The second-order valence-electron chi connectivity index (χ2n) is 12.0. The van der Waals surface area contributed by atoms with E-state index in [1.54, 1.807) is 41.8 Å². The molecule has 0 atom stereocenters. The second kappa shape index (κ2) is 12.6. The number of rotatable bonds is 9. The van der Waals surface area contributed by atoms with Crippen LogP contribution in [0.25, 0.3) is 20.7 Å². The van der Waals surface area contributed by atoms with Crippen LogP contribution < -0.4 is 15.4 Å². The Kier molecular flexibility index (Phi) is 8.25. The topological polar surface area (TPSA) is 86.8 Å². The average Bonchev–Trinajstić information content (AvgIpc) is 3.77. The van der Waals surface area contributed by atoms with Crippen LogP contribution in [0.4, 0.5) is 15.8 Å². The molecule has 1 saturated heterocycles. The Bertz CT molecular complexity index is 1880. The van der Waals surface area contributed by atoms with Gasteiger partial charge in [0.25, 0.3) is 0 Å². The molecule has 2 aliphatic rings. The molecule has 0 spiro atoms. The van der Waals surface area contributed by atoms with Gasteiger partial charge in [-0.15, -0.1) is 11.3 Å². The largest absolute Gasteiger partial charge is 0.453 e. The van der Waals surface area contributed by atoms with Crippen molar-refractivity contribution in [2.75, 3.05) is 43.9 Å². The van der Waals surface area contributed by atoms with Gasteiger partial charge in [0.15, 0.2) is 11.6 Å².